The van der Waals surface area contributed by atoms with Crippen molar-refractivity contribution < 1.29 is 10.2 Å². The molecule has 0 saturated carbocycles. The maximum absolute atomic E-state index is 9.04. The Kier molecular flexibility index (Phi) is 4.44. The number of halogens is 1. The fourth-order valence-electron chi connectivity index (χ4n) is 0.629. The van der Waals surface area contributed by atoms with Gasteiger partial charge in [0.25, 0.3) is 0 Å². The summed E-state index contributed by atoms with van der Waals surface area (Å²) in [6, 6.07) is 0. The maximum Gasteiger partial charge on any atom is 0.148 e. The second kappa shape index (κ2) is 5.39. The molecule has 1 aromatic heterocycles. The van der Waals surface area contributed by atoms with Gasteiger partial charge in [0.1, 0.15) is 10.2 Å². The molecule has 0 amide bonds. The largest absolute Gasteiger partial charge is 0.394 e. The normalized spacial score (nSPS) is 12.8. The average Bonchev–Trinajstić information content (AvgIpc) is 2.14. The van der Waals surface area contributed by atoms with Crippen molar-refractivity contribution in [2.45, 2.75) is 11.1 Å². The summed E-state index contributed by atoms with van der Waals surface area (Å²) in [7, 11) is 0. The van der Waals surface area contributed by atoms with Crippen LogP contribution in [-0.2, 0) is 0 Å². The van der Waals surface area contributed by atoms with Crippen molar-refractivity contribution in [3.05, 3.63) is 17.5 Å². The first kappa shape index (κ1) is 10.7. The summed E-state index contributed by atoms with van der Waals surface area (Å²) in [5.41, 5.74) is 0. The van der Waals surface area contributed by atoms with Crippen LogP contribution in [0.5, 0.6) is 0 Å². The summed E-state index contributed by atoms with van der Waals surface area (Å²) < 4.78 is 0. The van der Waals surface area contributed by atoms with Gasteiger partial charge in [0.2, 0.25) is 0 Å². The van der Waals surface area contributed by atoms with E-state index in [1.807, 2.05) is 0 Å². The molecular formula is C7H9ClN2O2S. The predicted molar refractivity (Wildman–Crippen MR) is 50.9 cm³/mol. The van der Waals surface area contributed by atoms with Gasteiger partial charge in [-0.2, -0.15) is 0 Å². The van der Waals surface area contributed by atoms with Crippen molar-refractivity contribution >= 4 is 23.4 Å². The molecule has 0 aliphatic carbocycles. The van der Waals surface area contributed by atoms with Gasteiger partial charge in [0.15, 0.2) is 0 Å². The number of hydrogen-bond acceptors (Lipinski definition) is 5. The lowest BCUT2D eigenvalue weighted by molar-refractivity contribution is 0.113. The summed E-state index contributed by atoms with van der Waals surface area (Å²) in [5.74, 6) is 0.380. The molecule has 1 rings (SSSR count). The quantitative estimate of drug-likeness (QED) is 0.727. The van der Waals surface area contributed by atoms with E-state index in [4.69, 9.17) is 21.8 Å². The third-order valence-corrected chi connectivity index (χ3v) is 2.44. The Morgan fingerprint density at radius 2 is 2.31 bits per heavy atom. The number of nitrogens with zero attached hydrogens (tertiary/aromatic N) is 2. The zero-order chi connectivity index (χ0) is 9.68. The molecule has 1 atom stereocenters. The molecule has 0 aliphatic rings. The summed E-state index contributed by atoms with van der Waals surface area (Å²) in [6.07, 6.45) is 2.26. The number of thioether (sulfide) groups is 1. The second-order valence-corrected chi connectivity index (χ2v) is 3.75. The molecular weight excluding hydrogens is 212 g/mol. The van der Waals surface area contributed by atoms with Crippen LogP contribution in [0.25, 0.3) is 0 Å². The Morgan fingerprint density at radius 1 is 1.54 bits per heavy atom. The highest BCUT2D eigenvalue weighted by Crippen LogP contribution is 2.16. The van der Waals surface area contributed by atoms with Crippen molar-refractivity contribution in [2.24, 2.45) is 0 Å². The lowest BCUT2D eigenvalue weighted by atomic mass is 10.4. The number of aliphatic hydroxyl groups is 2. The van der Waals surface area contributed by atoms with Crippen LogP contribution < -0.4 is 0 Å². The molecule has 0 fully saturated rings. The minimum Gasteiger partial charge on any atom is -0.394 e. The molecule has 0 bridgehead atoms. The van der Waals surface area contributed by atoms with Crippen molar-refractivity contribution in [3.63, 3.8) is 0 Å². The minimum absolute atomic E-state index is 0.249. The average molecular weight is 221 g/mol. The Bertz CT molecular complexity index is 274. The van der Waals surface area contributed by atoms with Crippen LogP contribution in [0.3, 0.4) is 0 Å². The lowest BCUT2D eigenvalue weighted by Gasteiger charge is -2.04. The maximum atomic E-state index is 9.04. The molecule has 13 heavy (non-hydrogen) atoms. The highest BCUT2D eigenvalue weighted by molar-refractivity contribution is 7.99. The zero-order valence-corrected chi connectivity index (χ0v) is 8.29. The Hall–Kier alpha value is -0.360. The van der Waals surface area contributed by atoms with Crippen LogP contribution in [0, 0.1) is 0 Å². The number of aliphatic hydroxyl groups excluding tert-OH is 2. The molecule has 6 heteroatoms. The highest BCUT2D eigenvalue weighted by Gasteiger charge is 2.04. The standard InChI is InChI=1S/C7H9ClN2O2S/c8-6-1-9-2-7(10-6)13-4-5(12)3-11/h1-2,5,11-12H,3-4H2. The number of hydrogen-bond donors (Lipinski definition) is 2. The fourth-order valence-corrected chi connectivity index (χ4v) is 1.59. The van der Waals surface area contributed by atoms with Gasteiger partial charge in [-0.25, -0.2) is 4.98 Å². The van der Waals surface area contributed by atoms with Crippen LogP contribution in [-0.4, -0.2) is 38.6 Å². The monoisotopic (exact) mass is 220 g/mol. The van der Waals surface area contributed by atoms with E-state index in [0.29, 0.717) is 15.9 Å². The summed E-state index contributed by atoms with van der Waals surface area (Å²) in [5, 5.41) is 18.5. The van der Waals surface area contributed by atoms with Crippen LogP contribution in [0.4, 0.5) is 0 Å². The van der Waals surface area contributed by atoms with E-state index < -0.39 is 6.10 Å². The molecule has 0 saturated heterocycles. The summed E-state index contributed by atoms with van der Waals surface area (Å²) in [6.45, 7) is -0.249. The van der Waals surface area contributed by atoms with Crippen LogP contribution in [0.2, 0.25) is 5.15 Å². The highest BCUT2D eigenvalue weighted by atomic mass is 35.5. The van der Waals surface area contributed by atoms with Gasteiger partial charge in [0, 0.05) is 5.75 Å². The van der Waals surface area contributed by atoms with Gasteiger partial charge >= 0.3 is 0 Å². The smallest absolute Gasteiger partial charge is 0.148 e. The Balaban J connectivity index is 2.45. The van der Waals surface area contributed by atoms with Gasteiger partial charge < -0.3 is 10.2 Å². The van der Waals surface area contributed by atoms with Gasteiger partial charge in [-0.3, -0.25) is 4.98 Å². The van der Waals surface area contributed by atoms with E-state index in [0.717, 1.165) is 0 Å². The van der Waals surface area contributed by atoms with E-state index in [1.54, 1.807) is 6.20 Å². The Morgan fingerprint density at radius 3 is 2.92 bits per heavy atom. The topological polar surface area (TPSA) is 66.2 Å². The molecule has 2 N–H and O–H groups in total. The van der Waals surface area contributed by atoms with E-state index >= 15 is 0 Å². The predicted octanol–water partition coefficient (Wildman–Crippen LogP) is 0.575. The molecule has 0 radical (unpaired) electrons. The van der Waals surface area contributed by atoms with Crippen molar-refractivity contribution in [3.8, 4) is 0 Å². The molecule has 1 aromatic rings. The molecule has 1 unspecified atom stereocenters. The van der Waals surface area contributed by atoms with Crippen LogP contribution in [0.15, 0.2) is 17.4 Å². The summed E-state index contributed by atoms with van der Waals surface area (Å²) >= 11 is 6.89. The molecule has 72 valence electrons. The second-order valence-electron chi connectivity index (χ2n) is 2.33. The summed E-state index contributed by atoms with van der Waals surface area (Å²) in [4.78, 5) is 7.78. The fraction of sp³-hybridized carbons (Fsp3) is 0.429. The third-order valence-electron chi connectivity index (χ3n) is 1.22. The first-order valence-corrected chi connectivity index (χ1v) is 4.98. The minimum atomic E-state index is -0.731. The van der Waals surface area contributed by atoms with Crippen molar-refractivity contribution in [2.75, 3.05) is 12.4 Å². The molecule has 0 aromatic carbocycles. The third kappa shape index (κ3) is 3.91. The molecule has 1 heterocycles. The Labute approximate surface area is 85.0 Å². The first-order chi connectivity index (χ1) is 6.22. The zero-order valence-electron chi connectivity index (χ0n) is 6.72. The van der Waals surface area contributed by atoms with Gasteiger partial charge in [-0.15, -0.1) is 11.8 Å². The SMILES string of the molecule is OCC(O)CSc1cncc(Cl)n1. The first-order valence-electron chi connectivity index (χ1n) is 3.61. The van der Waals surface area contributed by atoms with E-state index in [1.165, 1.54) is 18.0 Å². The molecule has 0 spiro atoms. The number of rotatable bonds is 4. The number of aromatic nitrogens is 2. The van der Waals surface area contributed by atoms with Gasteiger partial charge in [-0.05, 0) is 0 Å². The van der Waals surface area contributed by atoms with E-state index in [2.05, 4.69) is 9.97 Å². The van der Waals surface area contributed by atoms with Crippen LogP contribution >= 0.6 is 23.4 Å². The van der Waals surface area contributed by atoms with Crippen molar-refractivity contribution in [1.29, 1.82) is 0 Å². The lowest BCUT2D eigenvalue weighted by Crippen LogP contribution is -2.14. The molecule has 4 nitrogen and oxygen atoms in total. The van der Waals surface area contributed by atoms with Crippen LogP contribution in [0.1, 0.15) is 0 Å². The van der Waals surface area contributed by atoms with E-state index in [-0.39, 0.29) is 6.61 Å². The van der Waals surface area contributed by atoms with Gasteiger partial charge in [-0.1, -0.05) is 11.6 Å². The van der Waals surface area contributed by atoms with E-state index in [9.17, 15) is 0 Å². The molecule has 0 aliphatic heterocycles. The van der Waals surface area contributed by atoms with Crippen molar-refractivity contribution in [1.82, 2.24) is 9.97 Å². The van der Waals surface area contributed by atoms with Gasteiger partial charge in [0.05, 0.1) is 25.1 Å².